The highest BCUT2D eigenvalue weighted by Gasteiger charge is 2.30. The van der Waals surface area contributed by atoms with Crippen molar-refractivity contribution in [3.63, 3.8) is 0 Å². The molecule has 0 fully saturated rings. The number of benzene rings is 2. The maximum atomic E-state index is 12.7. The molecule has 0 aromatic heterocycles. The van der Waals surface area contributed by atoms with Gasteiger partial charge in [0.15, 0.2) is 0 Å². The van der Waals surface area contributed by atoms with Gasteiger partial charge < -0.3 is 0 Å². The van der Waals surface area contributed by atoms with Crippen molar-refractivity contribution < 1.29 is 13.2 Å². The maximum absolute atomic E-state index is 12.7. The SMILES string of the molecule is C/C(=N\Nc1cc(C(F)(F)F)ccc1Cl)c1ccc(Br)cc1. The lowest BCUT2D eigenvalue weighted by molar-refractivity contribution is -0.137. The Balaban J connectivity index is 2.23. The Morgan fingerprint density at radius 2 is 1.77 bits per heavy atom. The van der Waals surface area contributed by atoms with Crippen LogP contribution in [0.5, 0.6) is 0 Å². The smallest absolute Gasteiger partial charge is 0.277 e. The number of nitrogens with zero attached hydrogens (tertiary/aromatic N) is 1. The molecule has 2 nitrogen and oxygen atoms in total. The summed E-state index contributed by atoms with van der Waals surface area (Å²) in [6.07, 6.45) is -4.43. The van der Waals surface area contributed by atoms with E-state index in [0.717, 1.165) is 22.2 Å². The minimum absolute atomic E-state index is 0.105. The van der Waals surface area contributed by atoms with Crippen LogP contribution in [-0.4, -0.2) is 5.71 Å². The molecular weight excluding hydrogens is 381 g/mol. The molecule has 116 valence electrons. The first-order chi connectivity index (χ1) is 10.3. The van der Waals surface area contributed by atoms with E-state index < -0.39 is 11.7 Å². The maximum Gasteiger partial charge on any atom is 0.416 e. The molecule has 0 unspecified atom stereocenters. The lowest BCUT2D eigenvalue weighted by atomic mass is 10.1. The highest BCUT2D eigenvalue weighted by molar-refractivity contribution is 9.10. The number of hydrogen-bond acceptors (Lipinski definition) is 2. The molecule has 0 saturated heterocycles. The summed E-state index contributed by atoms with van der Waals surface area (Å²) < 4.78 is 39.0. The molecule has 2 aromatic carbocycles. The number of nitrogens with one attached hydrogen (secondary N) is 1. The van der Waals surface area contributed by atoms with E-state index in [9.17, 15) is 13.2 Å². The van der Waals surface area contributed by atoms with E-state index in [4.69, 9.17) is 11.6 Å². The molecule has 1 N–H and O–H groups in total. The fraction of sp³-hybridized carbons (Fsp3) is 0.133. The Morgan fingerprint density at radius 3 is 2.36 bits per heavy atom. The number of halogens is 5. The van der Waals surface area contributed by atoms with Crippen molar-refractivity contribution in [2.75, 3.05) is 5.43 Å². The monoisotopic (exact) mass is 390 g/mol. The van der Waals surface area contributed by atoms with Gasteiger partial charge in [-0.3, -0.25) is 5.43 Å². The van der Waals surface area contributed by atoms with E-state index in [0.29, 0.717) is 5.71 Å². The summed E-state index contributed by atoms with van der Waals surface area (Å²) in [5.41, 5.74) is 3.38. The second-order valence-corrected chi connectivity index (χ2v) is 5.83. The van der Waals surface area contributed by atoms with Crippen LogP contribution in [0, 0.1) is 0 Å². The van der Waals surface area contributed by atoms with Crippen LogP contribution in [0.4, 0.5) is 18.9 Å². The molecule has 0 saturated carbocycles. The van der Waals surface area contributed by atoms with Crippen LogP contribution < -0.4 is 5.43 Å². The molecule has 0 aliphatic rings. The average molecular weight is 392 g/mol. The number of alkyl halides is 3. The average Bonchev–Trinajstić information content (AvgIpc) is 2.45. The highest BCUT2D eigenvalue weighted by Crippen LogP contribution is 2.33. The van der Waals surface area contributed by atoms with Gasteiger partial charge in [0.05, 0.1) is 22.0 Å². The van der Waals surface area contributed by atoms with Gasteiger partial charge in [-0.1, -0.05) is 39.7 Å². The third-order valence-corrected chi connectivity index (χ3v) is 3.76. The van der Waals surface area contributed by atoms with Gasteiger partial charge >= 0.3 is 6.18 Å². The van der Waals surface area contributed by atoms with E-state index in [2.05, 4.69) is 26.5 Å². The Kier molecular flexibility index (Phi) is 5.13. The first-order valence-electron chi connectivity index (χ1n) is 6.20. The second kappa shape index (κ2) is 6.71. The molecule has 0 radical (unpaired) electrons. The predicted molar refractivity (Wildman–Crippen MR) is 86.4 cm³/mol. The normalized spacial score (nSPS) is 12.4. The summed E-state index contributed by atoms with van der Waals surface area (Å²) in [5, 5.41) is 4.24. The first kappa shape index (κ1) is 16.8. The lowest BCUT2D eigenvalue weighted by Crippen LogP contribution is -2.06. The first-order valence-corrected chi connectivity index (χ1v) is 7.37. The standard InChI is InChI=1S/C15H11BrClF3N2/c1-9(10-2-5-12(16)6-3-10)21-22-14-8-11(15(18,19)20)4-7-13(14)17/h2-8,22H,1H3/b21-9+. The van der Waals surface area contributed by atoms with E-state index in [1.54, 1.807) is 6.92 Å². The number of hydrogen-bond donors (Lipinski definition) is 1. The van der Waals surface area contributed by atoms with Gasteiger partial charge in [-0.15, -0.1) is 0 Å². The van der Waals surface area contributed by atoms with Crippen molar-refractivity contribution in [2.24, 2.45) is 5.10 Å². The van der Waals surface area contributed by atoms with Crippen molar-refractivity contribution in [3.05, 3.63) is 63.1 Å². The van der Waals surface area contributed by atoms with Crippen LogP contribution in [0.1, 0.15) is 18.1 Å². The third kappa shape index (κ3) is 4.24. The third-order valence-electron chi connectivity index (χ3n) is 2.90. The summed E-state index contributed by atoms with van der Waals surface area (Å²) in [6.45, 7) is 1.75. The lowest BCUT2D eigenvalue weighted by Gasteiger charge is -2.10. The summed E-state index contributed by atoms with van der Waals surface area (Å²) >= 11 is 9.22. The van der Waals surface area contributed by atoms with Gasteiger partial charge in [0, 0.05) is 4.47 Å². The van der Waals surface area contributed by atoms with Crippen molar-refractivity contribution in [1.82, 2.24) is 0 Å². The minimum Gasteiger partial charge on any atom is -0.277 e. The van der Waals surface area contributed by atoms with E-state index in [1.807, 2.05) is 24.3 Å². The van der Waals surface area contributed by atoms with Gasteiger partial charge in [0.25, 0.3) is 0 Å². The molecule has 0 atom stereocenters. The van der Waals surface area contributed by atoms with Crippen LogP contribution >= 0.6 is 27.5 Å². The number of hydrazone groups is 1. The Labute approximate surface area is 139 Å². The molecule has 0 heterocycles. The van der Waals surface area contributed by atoms with E-state index in [1.165, 1.54) is 6.07 Å². The number of rotatable bonds is 3. The predicted octanol–water partition coefficient (Wildman–Crippen LogP) is 5.96. The highest BCUT2D eigenvalue weighted by atomic mass is 79.9. The summed E-state index contributed by atoms with van der Waals surface area (Å²) in [7, 11) is 0. The van der Waals surface area contributed by atoms with E-state index >= 15 is 0 Å². The van der Waals surface area contributed by atoms with Crippen molar-refractivity contribution in [1.29, 1.82) is 0 Å². The van der Waals surface area contributed by atoms with Gasteiger partial charge in [0.2, 0.25) is 0 Å². The molecule has 0 aliphatic heterocycles. The molecule has 22 heavy (non-hydrogen) atoms. The molecule has 7 heteroatoms. The molecular formula is C15H11BrClF3N2. The topological polar surface area (TPSA) is 24.4 Å². The van der Waals surface area contributed by atoms with Crippen LogP contribution in [0.2, 0.25) is 5.02 Å². The molecule has 0 spiro atoms. The largest absolute Gasteiger partial charge is 0.416 e. The van der Waals surface area contributed by atoms with Gasteiger partial charge in [-0.2, -0.15) is 18.3 Å². The summed E-state index contributed by atoms with van der Waals surface area (Å²) in [4.78, 5) is 0. The molecule has 0 bridgehead atoms. The zero-order valence-electron chi connectivity index (χ0n) is 11.4. The molecule has 0 amide bonds. The molecule has 2 aromatic rings. The van der Waals surface area contributed by atoms with E-state index in [-0.39, 0.29) is 10.7 Å². The van der Waals surface area contributed by atoms with Crippen LogP contribution in [0.15, 0.2) is 52.0 Å². The molecule has 2 rings (SSSR count). The molecule has 0 aliphatic carbocycles. The van der Waals surface area contributed by atoms with Crippen LogP contribution in [0.3, 0.4) is 0 Å². The summed E-state index contributed by atoms with van der Waals surface area (Å²) in [6, 6.07) is 10.4. The van der Waals surface area contributed by atoms with Gasteiger partial charge in [-0.25, -0.2) is 0 Å². The minimum atomic E-state index is -4.43. The van der Waals surface area contributed by atoms with Crippen LogP contribution in [-0.2, 0) is 6.18 Å². The Morgan fingerprint density at radius 1 is 1.14 bits per heavy atom. The Bertz CT molecular complexity index is 697. The fourth-order valence-electron chi connectivity index (χ4n) is 1.69. The Hall–Kier alpha value is -1.53. The van der Waals surface area contributed by atoms with Gasteiger partial charge in [-0.05, 0) is 42.8 Å². The zero-order valence-corrected chi connectivity index (χ0v) is 13.7. The fourth-order valence-corrected chi connectivity index (χ4v) is 2.11. The summed E-state index contributed by atoms with van der Waals surface area (Å²) in [5.74, 6) is 0. The number of anilines is 1. The quantitative estimate of drug-likeness (QED) is 0.507. The zero-order chi connectivity index (χ0) is 16.3. The van der Waals surface area contributed by atoms with Crippen LogP contribution in [0.25, 0.3) is 0 Å². The van der Waals surface area contributed by atoms with Crippen molar-refractivity contribution in [2.45, 2.75) is 13.1 Å². The van der Waals surface area contributed by atoms with Crippen molar-refractivity contribution >= 4 is 38.9 Å². The van der Waals surface area contributed by atoms with Gasteiger partial charge in [0.1, 0.15) is 0 Å². The second-order valence-electron chi connectivity index (χ2n) is 4.51. The van der Waals surface area contributed by atoms with Crippen molar-refractivity contribution in [3.8, 4) is 0 Å².